The first-order valence-corrected chi connectivity index (χ1v) is 11.2. The maximum absolute atomic E-state index is 3.42. The summed E-state index contributed by atoms with van der Waals surface area (Å²) >= 11 is 0. The first-order valence-electron chi connectivity index (χ1n) is 11.2. The zero-order valence-corrected chi connectivity index (χ0v) is 16.4. The minimum Gasteiger partial charge on any atom is -0.106 e. The molecule has 3 saturated carbocycles. The minimum atomic E-state index is 0.723. The van der Waals surface area contributed by atoms with E-state index in [1.54, 1.807) is 51.4 Å². The van der Waals surface area contributed by atoms with Crippen LogP contribution in [0, 0.1) is 47.3 Å². The van der Waals surface area contributed by atoms with E-state index in [0.29, 0.717) is 0 Å². The van der Waals surface area contributed by atoms with Gasteiger partial charge in [-0.25, -0.2) is 0 Å². The van der Waals surface area contributed by atoms with Crippen molar-refractivity contribution < 1.29 is 0 Å². The Balaban J connectivity index is 1.38. The van der Waals surface area contributed by atoms with E-state index >= 15 is 0 Å². The Hall–Kier alpha value is -0.440. The number of hydrogen-bond acceptors (Lipinski definition) is 0. The van der Waals surface area contributed by atoms with E-state index in [1.165, 1.54) is 38.5 Å². The first-order chi connectivity index (χ1) is 11.8. The summed E-state index contributed by atoms with van der Waals surface area (Å²) < 4.78 is 0. The topological polar surface area (TPSA) is 0 Å². The van der Waals surface area contributed by atoms with Crippen LogP contribution in [0.5, 0.6) is 0 Å². The van der Waals surface area contributed by atoms with E-state index in [0.717, 1.165) is 35.5 Å². The van der Waals surface area contributed by atoms with Crippen molar-refractivity contribution >= 4 is 0 Å². The van der Waals surface area contributed by atoms with Crippen LogP contribution in [0.4, 0.5) is 0 Å². The molecule has 0 unspecified atom stereocenters. The van der Waals surface area contributed by atoms with Crippen molar-refractivity contribution in [1.82, 2.24) is 0 Å². The zero-order valence-electron chi connectivity index (χ0n) is 16.4. The molecule has 0 amide bonds. The molecule has 0 aromatic rings. The molecule has 3 fully saturated rings. The molecule has 24 heavy (non-hydrogen) atoms. The lowest BCUT2D eigenvalue weighted by Gasteiger charge is -2.41. The van der Waals surface area contributed by atoms with Gasteiger partial charge in [0.25, 0.3) is 0 Å². The lowest BCUT2D eigenvalue weighted by molar-refractivity contribution is 0.108. The quantitative estimate of drug-likeness (QED) is 0.477. The van der Waals surface area contributed by atoms with Gasteiger partial charge in [0.05, 0.1) is 0 Å². The van der Waals surface area contributed by atoms with Crippen molar-refractivity contribution in [2.24, 2.45) is 35.5 Å². The summed E-state index contributed by atoms with van der Waals surface area (Å²) in [5.74, 6) is 12.6. The molecular formula is C24H40. The van der Waals surface area contributed by atoms with Gasteiger partial charge in [-0.1, -0.05) is 32.6 Å². The third-order valence-electron chi connectivity index (χ3n) is 7.86. The highest BCUT2D eigenvalue weighted by molar-refractivity contribution is 5.02. The summed E-state index contributed by atoms with van der Waals surface area (Å²) in [5, 5.41) is 0. The normalized spacial score (nSPS) is 40.6. The van der Waals surface area contributed by atoms with Crippen molar-refractivity contribution in [1.29, 1.82) is 0 Å². The van der Waals surface area contributed by atoms with Gasteiger partial charge in [-0.05, 0) is 101 Å². The third kappa shape index (κ3) is 4.80. The fraction of sp³-hybridized carbons (Fsp3) is 0.917. The van der Waals surface area contributed by atoms with Gasteiger partial charge in [0.15, 0.2) is 0 Å². The molecule has 0 spiro atoms. The smallest absolute Gasteiger partial charge is 0.0203 e. The van der Waals surface area contributed by atoms with E-state index in [-0.39, 0.29) is 0 Å². The highest BCUT2D eigenvalue weighted by Gasteiger charge is 2.34. The van der Waals surface area contributed by atoms with Crippen molar-refractivity contribution in [3.8, 4) is 11.8 Å². The molecular weight excluding hydrogens is 288 g/mol. The van der Waals surface area contributed by atoms with Crippen LogP contribution in [0.15, 0.2) is 0 Å². The summed E-state index contributed by atoms with van der Waals surface area (Å²) in [4.78, 5) is 0. The Bertz CT molecular complexity index is 401. The minimum absolute atomic E-state index is 0.723. The van der Waals surface area contributed by atoms with Crippen molar-refractivity contribution in [3.05, 3.63) is 0 Å². The van der Waals surface area contributed by atoms with Crippen LogP contribution in [-0.4, -0.2) is 0 Å². The molecule has 0 heteroatoms. The largest absolute Gasteiger partial charge is 0.106 e. The number of hydrogen-bond donors (Lipinski definition) is 0. The van der Waals surface area contributed by atoms with Gasteiger partial charge >= 0.3 is 0 Å². The summed E-state index contributed by atoms with van der Waals surface area (Å²) in [5.41, 5.74) is 0. The van der Waals surface area contributed by atoms with Crippen LogP contribution in [0.1, 0.15) is 104 Å². The van der Waals surface area contributed by atoms with Crippen LogP contribution in [0.2, 0.25) is 0 Å². The van der Waals surface area contributed by atoms with Gasteiger partial charge in [-0.3, -0.25) is 0 Å². The predicted molar refractivity (Wildman–Crippen MR) is 105 cm³/mol. The molecule has 3 aliphatic rings. The average Bonchev–Trinajstić information content (AvgIpc) is 2.64. The molecule has 0 radical (unpaired) electrons. The summed E-state index contributed by atoms with van der Waals surface area (Å²) in [6, 6.07) is 0. The Morgan fingerprint density at radius 1 is 0.625 bits per heavy atom. The van der Waals surface area contributed by atoms with Crippen LogP contribution in [-0.2, 0) is 0 Å². The third-order valence-corrected chi connectivity index (χ3v) is 7.86. The Kier molecular flexibility index (Phi) is 7.12. The highest BCUT2D eigenvalue weighted by Crippen LogP contribution is 2.46. The second-order valence-electron chi connectivity index (χ2n) is 9.25. The van der Waals surface area contributed by atoms with Crippen LogP contribution in [0.25, 0.3) is 0 Å². The maximum Gasteiger partial charge on any atom is 0.0203 e. The van der Waals surface area contributed by atoms with Crippen LogP contribution < -0.4 is 0 Å². The molecule has 3 rings (SSSR count). The van der Waals surface area contributed by atoms with E-state index < -0.39 is 0 Å². The molecule has 136 valence electrons. The summed E-state index contributed by atoms with van der Waals surface area (Å²) in [7, 11) is 0. The molecule has 0 nitrogen and oxygen atoms in total. The molecule has 0 aromatic carbocycles. The molecule has 0 atom stereocenters. The maximum atomic E-state index is 3.42. The predicted octanol–water partition coefficient (Wildman–Crippen LogP) is 7.23. The standard InChI is InChI=1S/C24H40/c1-3-5-19-7-11-21(12-8-19)23-15-17-24(18-16-23)22-13-9-20(6-4-2)10-14-22/h19-24H,3,5,7-18H2,1-2H3. The van der Waals surface area contributed by atoms with Crippen LogP contribution in [0.3, 0.4) is 0 Å². The molecule has 0 bridgehead atoms. The molecule has 0 aliphatic heterocycles. The van der Waals surface area contributed by atoms with Crippen molar-refractivity contribution in [2.75, 3.05) is 0 Å². The Morgan fingerprint density at radius 3 is 1.46 bits per heavy atom. The number of rotatable bonds is 4. The SMILES string of the molecule is CC#CC1CCC(C2CCC(C3CCC(CCC)CC3)CC2)CC1. The first kappa shape index (κ1) is 18.4. The van der Waals surface area contributed by atoms with Gasteiger partial charge in [0, 0.05) is 5.92 Å². The van der Waals surface area contributed by atoms with Crippen molar-refractivity contribution in [2.45, 2.75) is 104 Å². The molecule has 0 N–H and O–H groups in total. The van der Waals surface area contributed by atoms with E-state index in [2.05, 4.69) is 18.8 Å². The molecule has 0 saturated heterocycles. The van der Waals surface area contributed by atoms with E-state index in [4.69, 9.17) is 0 Å². The monoisotopic (exact) mass is 328 g/mol. The zero-order chi connectivity index (χ0) is 16.8. The Morgan fingerprint density at radius 2 is 1.04 bits per heavy atom. The fourth-order valence-electron chi connectivity index (χ4n) is 6.38. The molecule has 0 heterocycles. The van der Waals surface area contributed by atoms with E-state index in [9.17, 15) is 0 Å². The second kappa shape index (κ2) is 9.31. The molecule has 0 aromatic heterocycles. The lowest BCUT2D eigenvalue weighted by atomic mass is 9.65. The van der Waals surface area contributed by atoms with Gasteiger partial charge in [-0.15, -0.1) is 11.8 Å². The lowest BCUT2D eigenvalue weighted by Crippen LogP contribution is -2.29. The molecule has 3 aliphatic carbocycles. The van der Waals surface area contributed by atoms with Crippen molar-refractivity contribution in [3.63, 3.8) is 0 Å². The summed E-state index contributed by atoms with van der Waals surface area (Å²) in [6.07, 6.45) is 21.0. The highest BCUT2D eigenvalue weighted by atomic mass is 14.4. The fourth-order valence-corrected chi connectivity index (χ4v) is 6.38. The van der Waals surface area contributed by atoms with Gasteiger partial charge < -0.3 is 0 Å². The van der Waals surface area contributed by atoms with E-state index in [1.807, 2.05) is 6.92 Å². The van der Waals surface area contributed by atoms with Gasteiger partial charge in [0.1, 0.15) is 0 Å². The van der Waals surface area contributed by atoms with Crippen LogP contribution >= 0.6 is 0 Å². The van der Waals surface area contributed by atoms with Gasteiger partial charge in [0.2, 0.25) is 0 Å². The average molecular weight is 329 g/mol. The Labute approximate surface area is 151 Å². The summed E-state index contributed by atoms with van der Waals surface area (Å²) in [6.45, 7) is 4.36. The van der Waals surface area contributed by atoms with Gasteiger partial charge in [-0.2, -0.15) is 0 Å². The second-order valence-corrected chi connectivity index (χ2v) is 9.25.